The molecule has 0 aliphatic rings. The van der Waals surface area contributed by atoms with Crippen LogP contribution in [0.3, 0.4) is 0 Å². The van der Waals surface area contributed by atoms with Crippen LogP contribution in [0.4, 0.5) is 0 Å². The summed E-state index contributed by atoms with van der Waals surface area (Å²) in [5.41, 5.74) is 2.68. The molecule has 1 atom stereocenters. The molecule has 5 heteroatoms. The summed E-state index contributed by atoms with van der Waals surface area (Å²) in [6.45, 7) is 3.48. The minimum Gasteiger partial charge on any atom is -0.494 e. The van der Waals surface area contributed by atoms with E-state index in [1.807, 2.05) is 85.8 Å². The van der Waals surface area contributed by atoms with Crippen molar-refractivity contribution >= 4 is 16.9 Å². The van der Waals surface area contributed by atoms with Gasteiger partial charge in [0.05, 0.1) is 23.7 Å². The van der Waals surface area contributed by atoms with Gasteiger partial charge in [-0.25, -0.2) is 4.98 Å². The van der Waals surface area contributed by atoms with E-state index in [1.54, 1.807) is 0 Å². The van der Waals surface area contributed by atoms with Crippen molar-refractivity contribution in [1.29, 1.82) is 0 Å². The summed E-state index contributed by atoms with van der Waals surface area (Å²) in [6.07, 6.45) is 1.89. The Kier molecular flexibility index (Phi) is 6.62. The van der Waals surface area contributed by atoms with Crippen LogP contribution in [0.1, 0.15) is 42.0 Å². The van der Waals surface area contributed by atoms with Gasteiger partial charge in [0.2, 0.25) is 0 Å². The summed E-state index contributed by atoms with van der Waals surface area (Å²) in [7, 11) is 0. The molecule has 0 radical (unpaired) electrons. The second-order valence-electron chi connectivity index (χ2n) is 7.54. The smallest absolute Gasteiger partial charge is 0.251 e. The molecule has 0 aliphatic carbocycles. The quantitative estimate of drug-likeness (QED) is 0.375. The first-order valence-electron chi connectivity index (χ1n) is 10.7. The third-order valence-electron chi connectivity index (χ3n) is 5.24. The maximum absolute atomic E-state index is 12.6. The summed E-state index contributed by atoms with van der Waals surface area (Å²) in [6, 6.07) is 27.1. The van der Waals surface area contributed by atoms with Crippen molar-refractivity contribution in [3.8, 4) is 5.75 Å². The summed E-state index contributed by atoms with van der Waals surface area (Å²) in [5.74, 6) is 1.67. The minimum absolute atomic E-state index is 0.0945. The van der Waals surface area contributed by atoms with Crippen LogP contribution in [0.5, 0.6) is 5.75 Å². The Hall–Kier alpha value is -3.60. The Morgan fingerprint density at radius 1 is 0.935 bits per heavy atom. The first-order valence-corrected chi connectivity index (χ1v) is 10.7. The van der Waals surface area contributed by atoms with Gasteiger partial charge in [0.1, 0.15) is 11.6 Å². The van der Waals surface area contributed by atoms with E-state index in [-0.39, 0.29) is 11.9 Å². The van der Waals surface area contributed by atoms with Gasteiger partial charge >= 0.3 is 0 Å². The fraction of sp³-hybridized carbons (Fsp3) is 0.231. The monoisotopic (exact) mass is 413 g/mol. The van der Waals surface area contributed by atoms with E-state index in [1.165, 1.54) is 0 Å². The first kappa shape index (κ1) is 20.7. The van der Waals surface area contributed by atoms with Gasteiger partial charge < -0.3 is 14.6 Å². The Bertz CT molecular complexity index is 1120. The van der Waals surface area contributed by atoms with Gasteiger partial charge in [-0.1, -0.05) is 48.5 Å². The number of rotatable bonds is 9. The van der Waals surface area contributed by atoms with Crippen LogP contribution < -0.4 is 10.1 Å². The fourth-order valence-electron chi connectivity index (χ4n) is 3.67. The van der Waals surface area contributed by atoms with Crippen LogP contribution in [0, 0.1) is 0 Å². The number of hydrogen-bond donors (Lipinski definition) is 1. The first-order chi connectivity index (χ1) is 15.2. The van der Waals surface area contributed by atoms with Gasteiger partial charge in [-0.2, -0.15) is 0 Å². The largest absolute Gasteiger partial charge is 0.494 e. The van der Waals surface area contributed by atoms with Gasteiger partial charge in [0.25, 0.3) is 5.91 Å². The highest BCUT2D eigenvalue weighted by Crippen LogP contribution is 2.22. The second kappa shape index (κ2) is 9.94. The standard InChI is InChI=1S/C26H27N3O2/c1-20(27-26(30)21-12-4-2-5-13-21)25-28-23-16-8-9-17-24(23)29(25)18-10-11-19-31-22-14-6-3-7-15-22/h2-9,12-17,20H,10-11,18-19H2,1H3,(H,27,30). The third kappa shape index (κ3) is 5.12. The van der Waals surface area contributed by atoms with Crippen molar-refractivity contribution in [2.75, 3.05) is 6.61 Å². The van der Waals surface area contributed by atoms with E-state index in [9.17, 15) is 4.79 Å². The van der Waals surface area contributed by atoms with E-state index >= 15 is 0 Å². The predicted octanol–water partition coefficient (Wildman–Crippen LogP) is 5.39. The number of hydrogen-bond acceptors (Lipinski definition) is 3. The van der Waals surface area contributed by atoms with Crippen LogP contribution in [0.15, 0.2) is 84.9 Å². The summed E-state index contributed by atoms with van der Waals surface area (Å²) in [4.78, 5) is 17.4. The number of aryl methyl sites for hydroxylation is 1. The van der Waals surface area contributed by atoms with Crippen LogP contribution in [0.25, 0.3) is 11.0 Å². The van der Waals surface area contributed by atoms with Crippen molar-refractivity contribution in [2.24, 2.45) is 0 Å². The average Bonchev–Trinajstić information content (AvgIpc) is 3.19. The number of aromatic nitrogens is 2. The van der Waals surface area contributed by atoms with Gasteiger partial charge in [-0.15, -0.1) is 0 Å². The number of para-hydroxylation sites is 3. The lowest BCUT2D eigenvalue weighted by Crippen LogP contribution is -2.28. The predicted molar refractivity (Wildman–Crippen MR) is 123 cm³/mol. The molecule has 0 fully saturated rings. The lowest BCUT2D eigenvalue weighted by atomic mass is 10.2. The van der Waals surface area contributed by atoms with Gasteiger partial charge in [-0.05, 0) is 56.2 Å². The molecular formula is C26H27N3O2. The number of nitrogens with one attached hydrogen (secondary N) is 1. The number of carbonyl (C=O) groups excluding carboxylic acids is 1. The molecule has 1 N–H and O–H groups in total. The zero-order valence-corrected chi connectivity index (χ0v) is 17.7. The zero-order chi connectivity index (χ0) is 21.5. The van der Waals surface area contributed by atoms with Crippen molar-refractivity contribution in [1.82, 2.24) is 14.9 Å². The van der Waals surface area contributed by atoms with E-state index in [0.29, 0.717) is 12.2 Å². The maximum Gasteiger partial charge on any atom is 0.251 e. The Morgan fingerprint density at radius 3 is 2.39 bits per heavy atom. The summed E-state index contributed by atoms with van der Waals surface area (Å²) < 4.78 is 8.03. The van der Waals surface area contributed by atoms with Gasteiger partial charge in [-0.3, -0.25) is 4.79 Å². The second-order valence-corrected chi connectivity index (χ2v) is 7.54. The van der Waals surface area contributed by atoms with E-state index in [2.05, 4.69) is 16.0 Å². The Morgan fingerprint density at radius 2 is 1.61 bits per heavy atom. The SMILES string of the molecule is CC(NC(=O)c1ccccc1)c1nc2ccccc2n1CCCCOc1ccccc1. The fourth-order valence-corrected chi connectivity index (χ4v) is 3.67. The van der Waals surface area contributed by atoms with E-state index in [4.69, 9.17) is 9.72 Å². The van der Waals surface area contributed by atoms with Crippen LogP contribution in [0.2, 0.25) is 0 Å². The highest BCUT2D eigenvalue weighted by molar-refractivity contribution is 5.94. The van der Waals surface area contributed by atoms with E-state index in [0.717, 1.165) is 42.0 Å². The number of imidazole rings is 1. The molecule has 158 valence electrons. The number of benzene rings is 3. The molecule has 0 bridgehead atoms. The third-order valence-corrected chi connectivity index (χ3v) is 5.24. The average molecular weight is 414 g/mol. The molecule has 3 aromatic carbocycles. The molecule has 0 saturated carbocycles. The molecular weight excluding hydrogens is 386 g/mol. The van der Waals surface area contributed by atoms with Crippen molar-refractivity contribution < 1.29 is 9.53 Å². The number of nitrogens with zero attached hydrogens (tertiary/aromatic N) is 2. The normalized spacial score (nSPS) is 11.9. The molecule has 31 heavy (non-hydrogen) atoms. The molecule has 4 rings (SSSR count). The molecule has 1 heterocycles. The van der Waals surface area contributed by atoms with Crippen molar-refractivity contribution in [2.45, 2.75) is 32.4 Å². The van der Waals surface area contributed by atoms with Crippen molar-refractivity contribution in [3.05, 3.63) is 96.3 Å². The molecule has 4 aromatic rings. The number of unbranched alkanes of at least 4 members (excludes halogenated alkanes) is 1. The van der Waals surface area contributed by atoms with Gasteiger partial charge in [0.15, 0.2) is 0 Å². The lowest BCUT2D eigenvalue weighted by molar-refractivity contribution is 0.0937. The summed E-state index contributed by atoms with van der Waals surface area (Å²) in [5, 5.41) is 3.09. The molecule has 0 aliphatic heterocycles. The van der Waals surface area contributed by atoms with Gasteiger partial charge in [0, 0.05) is 12.1 Å². The number of amides is 1. The highest BCUT2D eigenvalue weighted by Gasteiger charge is 2.18. The lowest BCUT2D eigenvalue weighted by Gasteiger charge is -2.16. The Labute approximate surface area is 182 Å². The molecule has 0 saturated heterocycles. The van der Waals surface area contributed by atoms with Crippen LogP contribution >= 0.6 is 0 Å². The number of ether oxygens (including phenoxy) is 1. The molecule has 1 unspecified atom stereocenters. The van der Waals surface area contributed by atoms with Crippen molar-refractivity contribution in [3.63, 3.8) is 0 Å². The molecule has 5 nitrogen and oxygen atoms in total. The molecule has 1 amide bonds. The Balaban J connectivity index is 1.43. The topological polar surface area (TPSA) is 56.2 Å². The number of carbonyl (C=O) groups is 1. The zero-order valence-electron chi connectivity index (χ0n) is 17.7. The van der Waals surface area contributed by atoms with Crippen LogP contribution in [-0.4, -0.2) is 22.1 Å². The summed E-state index contributed by atoms with van der Waals surface area (Å²) >= 11 is 0. The molecule has 1 aromatic heterocycles. The van der Waals surface area contributed by atoms with Crippen LogP contribution in [-0.2, 0) is 6.54 Å². The minimum atomic E-state index is -0.208. The number of fused-ring (bicyclic) bond motifs is 1. The van der Waals surface area contributed by atoms with E-state index < -0.39 is 0 Å². The molecule has 0 spiro atoms. The maximum atomic E-state index is 12.6. The highest BCUT2D eigenvalue weighted by atomic mass is 16.5.